The minimum Gasteiger partial charge on any atom is -0.383 e. The number of aliphatic hydroxyl groups is 1. The van der Waals surface area contributed by atoms with Gasteiger partial charge in [-0.3, -0.25) is 0 Å². The zero-order valence-corrected chi connectivity index (χ0v) is 16.1. The molecule has 26 heavy (non-hydrogen) atoms. The van der Waals surface area contributed by atoms with Gasteiger partial charge in [0.1, 0.15) is 11.4 Å². The smallest absolute Gasteiger partial charge is 0.191 e. The maximum absolute atomic E-state index is 13.2. The summed E-state index contributed by atoms with van der Waals surface area (Å²) in [5.41, 5.74) is 1.11. The molecule has 1 aliphatic carbocycles. The summed E-state index contributed by atoms with van der Waals surface area (Å²) in [7, 11) is 0. The molecule has 0 amide bonds. The lowest BCUT2D eigenvalue weighted by Crippen LogP contribution is -2.42. The standard InChI is InChI=1S/C20H26FN3OS/c1-3-22-18(23-13-19(2,25)16-8-11-26-12-16)24-14-20(9-10-20)15-4-6-17(21)7-5-15/h4-8,11-12,25H,3,9-10,13-14H2,1-2H3,(H2,22,23,24). The van der Waals surface area contributed by atoms with E-state index in [4.69, 9.17) is 0 Å². The van der Waals surface area contributed by atoms with Crippen molar-refractivity contribution in [2.24, 2.45) is 4.99 Å². The third kappa shape index (κ3) is 4.43. The summed E-state index contributed by atoms with van der Waals surface area (Å²) in [4.78, 5) is 4.57. The van der Waals surface area contributed by atoms with E-state index in [0.29, 0.717) is 5.96 Å². The number of hydrogen-bond acceptors (Lipinski definition) is 3. The first-order chi connectivity index (χ1) is 12.5. The first-order valence-corrected chi connectivity index (χ1v) is 9.93. The molecule has 0 aliphatic heterocycles. The minimum absolute atomic E-state index is 0.0553. The molecule has 1 saturated carbocycles. The second kappa shape index (κ2) is 7.76. The molecule has 1 aliphatic rings. The van der Waals surface area contributed by atoms with E-state index in [1.165, 1.54) is 12.1 Å². The molecule has 0 saturated heterocycles. The first kappa shape index (κ1) is 18.9. The van der Waals surface area contributed by atoms with Gasteiger partial charge >= 0.3 is 0 Å². The molecule has 0 radical (unpaired) electrons. The second-order valence-corrected chi connectivity index (χ2v) is 7.90. The SMILES string of the molecule is CCNC(=NCC(C)(O)c1ccsc1)NCC1(c2ccc(F)cc2)CC1. The van der Waals surface area contributed by atoms with Gasteiger partial charge in [-0.1, -0.05) is 12.1 Å². The number of benzene rings is 1. The maximum Gasteiger partial charge on any atom is 0.191 e. The van der Waals surface area contributed by atoms with Crippen LogP contribution in [0.5, 0.6) is 0 Å². The van der Waals surface area contributed by atoms with Crippen LogP contribution in [0.25, 0.3) is 0 Å². The highest BCUT2D eigenvalue weighted by Gasteiger charge is 2.44. The lowest BCUT2D eigenvalue weighted by molar-refractivity contribution is 0.0677. The van der Waals surface area contributed by atoms with E-state index in [0.717, 1.165) is 37.1 Å². The predicted molar refractivity (Wildman–Crippen MR) is 105 cm³/mol. The number of aliphatic imine (C=N–C) groups is 1. The molecular weight excluding hydrogens is 349 g/mol. The molecule has 1 unspecified atom stereocenters. The Kier molecular flexibility index (Phi) is 5.63. The average molecular weight is 376 g/mol. The summed E-state index contributed by atoms with van der Waals surface area (Å²) in [5.74, 6) is 0.486. The highest BCUT2D eigenvalue weighted by atomic mass is 32.1. The van der Waals surface area contributed by atoms with E-state index in [1.54, 1.807) is 18.3 Å². The Morgan fingerprint density at radius 3 is 2.58 bits per heavy atom. The van der Waals surface area contributed by atoms with Gasteiger partial charge in [0.2, 0.25) is 0 Å². The van der Waals surface area contributed by atoms with Crippen molar-refractivity contribution in [1.29, 1.82) is 0 Å². The van der Waals surface area contributed by atoms with Crippen molar-refractivity contribution in [2.75, 3.05) is 19.6 Å². The van der Waals surface area contributed by atoms with E-state index >= 15 is 0 Å². The van der Waals surface area contributed by atoms with Crippen LogP contribution in [0.3, 0.4) is 0 Å². The quantitative estimate of drug-likeness (QED) is 0.514. The number of nitrogens with one attached hydrogen (secondary N) is 2. The van der Waals surface area contributed by atoms with Crippen LogP contribution < -0.4 is 10.6 Å². The van der Waals surface area contributed by atoms with Gasteiger partial charge in [-0.05, 0) is 66.8 Å². The van der Waals surface area contributed by atoms with E-state index in [1.807, 2.05) is 35.9 Å². The topological polar surface area (TPSA) is 56.7 Å². The summed E-state index contributed by atoms with van der Waals surface area (Å²) in [6.07, 6.45) is 2.16. The Balaban J connectivity index is 1.64. The predicted octanol–water partition coefficient (Wildman–Crippen LogP) is 3.38. The molecule has 140 valence electrons. The average Bonchev–Trinajstić information content (AvgIpc) is 3.19. The molecule has 6 heteroatoms. The summed E-state index contributed by atoms with van der Waals surface area (Å²) in [6.45, 7) is 5.56. The number of halogens is 1. The van der Waals surface area contributed by atoms with Crippen molar-refractivity contribution in [3.05, 3.63) is 58.0 Å². The molecule has 1 aromatic carbocycles. The monoisotopic (exact) mass is 375 g/mol. The van der Waals surface area contributed by atoms with Gasteiger partial charge in [-0.15, -0.1) is 0 Å². The van der Waals surface area contributed by atoms with Crippen LogP contribution in [0.4, 0.5) is 4.39 Å². The van der Waals surface area contributed by atoms with Crippen molar-refractivity contribution < 1.29 is 9.50 Å². The molecular formula is C20H26FN3OS. The number of nitrogens with zero attached hydrogens (tertiary/aromatic N) is 1. The first-order valence-electron chi connectivity index (χ1n) is 8.98. The van der Waals surface area contributed by atoms with Crippen molar-refractivity contribution in [2.45, 2.75) is 37.7 Å². The highest BCUT2D eigenvalue weighted by Crippen LogP contribution is 2.47. The summed E-state index contributed by atoms with van der Waals surface area (Å²) < 4.78 is 13.2. The Morgan fingerprint density at radius 1 is 1.27 bits per heavy atom. The Bertz CT molecular complexity index is 737. The van der Waals surface area contributed by atoms with Crippen LogP contribution in [-0.2, 0) is 11.0 Å². The molecule has 1 heterocycles. The van der Waals surface area contributed by atoms with Gasteiger partial charge in [-0.25, -0.2) is 9.38 Å². The molecule has 0 bridgehead atoms. The number of rotatable bonds is 7. The lowest BCUT2D eigenvalue weighted by atomic mass is 9.96. The van der Waals surface area contributed by atoms with Gasteiger partial charge in [0.25, 0.3) is 0 Å². The van der Waals surface area contributed by atoms with Crippen LogP contribution in [0.1, 0.15) is 37.8 Å². The van der Waals surface area contributed by atoms with Crippen molar-refractivity contribution in [3.8, 4) is 0 Å². The van der Waals surface area contributed by atoms with E-state index < -0.39 is 5.60 Å². The summed E-state index contributed by atoms with van der Waals surface area (Å²) in [5, 5.41) is 21.2. The van der Waals surface area contributed by atoms with Gasteiger partial charge in [0.15, 0.2) is 5.96 Å². The molecule has 3 N–H and O–H groups in total. The molecule has 4 nitrogen and oxygen atoms in total. The number of hydrogen-bond donors (Lipinski definition) is 3. The van der Waals surface area contributed by atoms with Crippen LogP contribution >= 0.6 is 11.3 Å². The Hall–Kier alpha value is -1.92. The molecule has 1 fully saturated rings. The number of guanidine groups is 1. The second-order valence-electron chi connectivity index (χ2n) is 7.12. The molecule has 0 spiro atoms. The van der Waals surface area contributed by atoms with Crippen molar-refractivity contribution in [1.82, 2.24) is 10.6 Å². The Labute approximate surface area is 158 Å². The highest BCUT2D eigenvalue weighted by molar-refractivity contribution is 7.08. The van der Waals surface area contributed by atoms with E-state index in [-0.39, 0.29) is 17.8 Å². The Morgan fingerprint density at radius 2 is 2.00 bits per heavy atom. The molecule has 1 atom stereocenters. The van der Waals surface area contributed by atoms with Gasteiger partial charge in [0.05, 0.1) is 6.54 Å². The fraction of sp³-hybridized carbons (Fsp3) is 0.450. The zero-order chi connectivity index (χ0) is 18.6. The van der Waals surface area contributed by atoms with Crippen molar-refractivity contribution >= 4 is 17.3 Å². The normalized spacial score (nSPS) is 18.2. The minimum atomic E-state index is -0.990. The molecule has 2 aromatic rings. The van der Waals surface area contributed by atoms with Crippen LogP contribution in [-0.4, -0.2) is 30.7 Å². The van der Waals surface area contributed by atoms with E-state index in [2.05, 4.69) is 15.6 Å². The molecule has 3 rings (SSSR count). The third-order valence-electron chi connectivity index (χ3n) is 4.94. The fourth-order valence-electron chi connectivity index (χ4n) is 3.01. The van der Waals surface area contributed by atoms with Gasteiger partial charge in [-0.2, -0.15) is 11.3 Å². The van der Waals surface area contributed by atoms with Crippen LogP contribution in [0.15, 0.2) is 46.1 Å². The molecule has 1 aromatic heterocycles. The van der Waals surface area contributed by atoms with Gasteiger partial charge in [0, 0.05) is 18.5 Å². The van der Waals surface area contributed by atoms with Crippen LogP contribution in [0.2, 0.25) is 0 Å². The lowest BCUT2D eigenvalue weighted by Gasteiger charge is -2.22. The fourth-order valence-corrected chi connectivity index (χ4v) is 3.79. The maximum atomic E-state index is 13.2. The zero-order valence-electron chi connectivity index (χ0n) is 15.3. The summed E-state index contributed by atoms with van der Waals surface area (Å²) >= 11 is 1.57. The third-order valence-corrected chi connectivity index (χ3v) is 5.62. The van der Waals surface area contributed by atoms with Gasteiger partial charge < -0.3 is 15.7 Å². The van der Waals surface area contributed by atoms with E-state index in [9.17, 15) is 9.50 Å². The largest absolute Gasteiger partial charge is 0.383 e. The number of thiophene rings is 1. The summed E-state index contributed by atoms with van der Waals surface area (Å²) in [6, 6.07) is 8.71. The van der Waals surface area contributed by atoms with Crippen LogP contribution in [0, 0.1) is 5.82 Å². The van der Waals surface area contributed by atoms with Crippen molar-refractivity contribution in [3.63, 3.8) is 0 Å².